The number of benzene rings is 3. The molecule has 0 bridgehead atoms. The summed E-state index contributed by atoms with van der Waals surface area (Å²) in [5.41, 5.74) is 4.30. The average molecular weight is 528 g/mol. The van der Waals surface area contributed by atoms with Gasteiger partial charge in [-0.15, -0.1) is 0 Å². The lowest BCUT2D eigenvalue weighted by atomic mass is 10.1. The van der Waals surface area contributed by atoms with Gasteiger partial charge in [-0.05, 0) is 35.6 Å². The van der Waals surface area contributed by atoms with Crippen LogP contribution < -0.4 is 0 Å². The molecule has 0 unspecified atom stereocenters. The molecular weight excluding hydrogens is 490 g/mol. The first-order valence-corrected chi connectivity index (χ1v) is 13.4. The molecule has 39 heavy (non-hydrogen) atoms. The fourth-order valence-corrected chi connectivity index (χ4v) is 4.57. The van der Waals surface area contributed by atoms with Gasteiger partial charge in [0.1, 0.15) is 6.61 Å². The first-order chi connectivity index (χ1) is 19.1. The van der Waals surface area contributed by atoms with Gasteiger partial charge in [-0.1, -0.05) is 78.9 Å². The quantitative estimate of drug-likeness (QED) is 0.225. The Morgan fingerprint density at radius 3 is 2.23 bits per heavy atom. The molecule has 4 rings (SSSR count). The predicted molar refractivity (Wildman–Crippen MR) is 153 cm³/mol. The summed E-state index contributed by atoms with van der Waals surface area (Å²) in [6, 6.07) is 27.9. The van der Waals surface area contributed by atoms with E-state index in [-0.39, 0.29) is 25.0 Å². The van der Waals surface area contributed by atoms with Crippen LogP contribution in [0, 0.1) is 0 Å². The van der Waals surface area contributed by atoms with Gasteiger partial charge in [0.05, 0.1) is 13.2 Å². The minimum absolute atomic E-state index is 0.00202. The molecule has 0 atom stereocenters. The Morgan fingerprint density at radius 2 is 1.49 bits per heavy atom. The molecule has 204 valence electrons. The van der Waals surface area contributed by atoms with E-state index in [0.717, 1.165) is 22.0 Å². The molecule has 7 nitrogen and oxygen atoms in total. The maximum Gasteiger partial charge on any atom is 0.249 e. The van der Waals surface area contributed by atoms with Crippen molar-refractivity contribution >= 4 is 22.7 Å². The summed E-state index contributed by atoms with van der Waals surface area (Å²) < 4.78 is 10.9. The molecule has 2 amide bonds. The third-order valence-electron chi connectivity index (χ3n) is 6.69. The van der Waals surface area contributed by atoms with Gasteiger partial charge in [-0.3, -0.25) is 9.59 Å². The zero-order valence-corrected chi connectivity index (χ0v) is 22.6. The number of H-pyrrole nitrogens is 1. The van der Waals surface area contributed by atoms with E-state index in [1.165, 1.54) is 5.56 Å². The van der Waals surface area contributed by atoms with Crippen LogP contribution in [-0.2, 0) is 38.6 Å². The Morgan fingerprint density at radius 1 is 0.795 bits per heavy atom. The minimum Gasteiger partial charge on any atom is -0.385 e. The Labute approximate surface area is 230 Å². The van der Waals surface area contributed by atoms with Crippen molar-refractivity contribution in [3.05, 3.63) is 108 Å². The number of rotatable bonds is 15. The molecule has 0 radical (unpaired) electrons. The third kappa shape index (κ3) is 8.53. The highest BCUT2D eigenvalue weighted by Gasteiger charge is 2.22. The topological polar surface area (TPSA) is 74.9 Å². The summed E-state index contributed by atoms with van der Waals surface area (Å²) in [5, 5.41) is 1.16. The van der Waals surface area contributed by atoms with Crippen LogP contribution in [-0.4, -0.2) is 66.6 Å². The summed E-state index contributed by atoms with van der Waals surface area (Å²) in [5.74, 6) is -0.292. The standard InChI is InChI=1S/C32H37N3O4/c1-38-20-10-18-34(32(37)25-39-24-27-13-6-3-7-14-27)23-31(36)35(22-26-11-4-2-5-12-26)19-17-28-21-33-30-16-9-8-15-29(28)30/h2-9,11-16,21,33H,10,17-20,22-25H2,1H3. The number of carbonyl (C=O) groups excluding carboxylic acids is 2. The van der Waals surface area contributed by atoms with Gasteiger partial charge in [0.15, 0.2) is 0 Å². The van der Waals surface area contributed by atoms with Crippen molar-refractivity contribution in [2.24, 2.45) is 0 Å². The van der Waals surface area contributed by atoms with E-state index in [1.807, 2.05) is 83.9 Å². The highest BCUT2D eigenvalue weighted by atomic mass is 16.5. The Kier molecular flexibility index (Phi) is 10.7. The molecule has 0 spiro atoms. The lowest BCUT2D eigenvalue weighted by molar-refractivity contribution is -0.144. The molecule has 0 aliphatic heterocycles. The van der Waals surface area contributed by atoms with Crippen molar-refractivity contribution in [2.75, 3.05) is 40.0 Å². The number of amides is 2. The van der Waals surface area contributed by atoms with Crippen LogP contribution in [0.3, 0.4) is 0 Å². The van der Waals surface area contributed by atoms with Crippen LogP contribution in [0.5, 0.6) is 0 Å². The molecule has 1 N–H and O–H groups in total. The second-order valence-corrected chi connectivity index (χ2v) is 9.55. The summed E-state index contributed by atoms with van der Waals surface area (Å²) in [4.78, 5) is 33.5. The van der Waals surface area contributed by atoms with E-state index >= 15 is 0 Å². The van der Waals surface area contributed by atoms with E-state index in [4.69, 9.17) is 9.47 Å². The number of para-hydroxylation sites is 1. The highest BCUT2D eigenvalue weighted by Crippen LogP contribution is 2.19. The Hall–Kier alpha value is -3.94. The molecule has 0 saturated heterocycles. The zero-order chi connectivity index (χ0) is 27.3. The number of nitrogens with one attached hydrogen (secondary N) is 1. The van der Waals surface area contributed by atoms with Crippen LogP contribution in [0.2, 0.25) is 0 Å². The fourth-order valence-electron chi connectivity index (χ4n) is 4.57. The zero-order valence-electron chi connectivity index (χ0n) is 22.6. The largest absolute Gasteiger partial charge is 0.385 e. The molecule has 1 aromatic heterocycles. The molecule has 1 heterocycles. The third-order valence-corrected chi connectivity index (χ3v) is 6.69. The van der Waals surface area contributed by atoms with E-state index in [2.05, 4.69) is 17.1 Å². The Bertz CT molecular complexity index is 1310. The summed E-state index contributed by atoms with van der Waals surface area (Å²) in [7, 11) is 1.63. The van der Waals surface area contributed by atoms with E-state index in [0.29, 0.717) is 45.7 Å². The van der Waals surface area contributed by atoms with Crippen LogP contribution >= 0.6 is 0 Å². The van der Waals surface area contributed by atoms with Crippen molar-refractivity contribution in [3.63, 3.8) is 0 Å². The van der Waals surface area contributed by atoms with E-state index < -0.39 is 0 Å². The van der Waals surface area contributed by atoms with Crippen LogP contribution in [0.15, 0.2) is 91.1 Å². The molecular formula is C32H37N3O4. The number of carbonyl (C=O) groups is 2. The molecule has 0 fully saturated rings. The molecule has 3 aromatic carbocycles. The number of nitrogens with zero attached hydrogens (tertiary/aromatic N) is 2. The molecule has 4 aromatic rings. The second kappa shape index (κ2) is 14.9. The first-order valence-electron chi connectivity index (χ1n) is 13.4. The minimum atomic E-state index is -0.202. The second-order valence-electron chi connectivity index (χ2n) is 9.55. The van der Waals surface area contributed by atoms with E-state index in [1.54, 1.807) is 12.0 Å². The van der Waals surface area contributed by atoms with Crippen molar-refractivity contribution in [1.82, 2.24) is 14.8 Å². The monoisotopic (exact) mass is 527 g/mol. The average Bonchev–Trinajstić information content (AvgIpc) is 3.39. The first kappa shape index (κ1) is 28.1. The molecule has 0 saturated carbocycles. The molecule has 0 aliphatic rings. The van der Waals surface area contributed by atoms with Gasteiger partial charge in [0, 0.05) is 50.5 Å². The highest BCUT2D eigenvalue weighted by molar-refractivity contribution is 5.86. The number of methoxy groups -OCH3 is 1. The van der Waals surface area contributed by atoms with Crippen molar-refractivity contribution in [2.45, 2.75) is 26.0 Å². The number of aromatic amines is 1. The van der Waals surface area contributed by atoms with Crippen LogP contribution in [0.1, 0.15) is 23.1 Å². The number of aromatic nitrogens is 1. The summed E-state index contributed by atoms with van der Waals surface area (Å²) >= 11 is 0. The van der Waals surface area contributed by atoms with Crippen molar-refractivity contribution in [3.8, 4) is 0 Å². The van der Waals surface area contributed by atoms with Gasteiger partial charge in [-0.25, -0.2) is 0 Å². The number of ether oxygens (including phenoxy) is 2. The van der Waals surface area contributed by atoms with Crippen LogP contribution in [0.25, 0.3) is 10.9 Å². The van der Waals surface area contributed by atoms with Crippen LogP contribution in [0.4, 0.5) is 0 Å². The lowest BCUT2D eigenvalue weighted by Crippen LogP contribution is -2.45. The van der Waals surface area contributed by atoms with E-state index in [9.17, 15) is 9.59 Å². The molecule has 7 heteroatoms. The number of hydrogen-bond donors (Lipinski definition) is 1. The maximum atomic E-state index is 13.7. The van der Waals surface area contributed by atoms with Gasteiger partial charge in [0.2, 0.25) is 11.8 Å². The summed E-state index contributed by atoms with van der Waals surface area (Å²) in [6.07, 6.45) is 3.36. The normalized spacial score (nSPS) is 11.0. The SMILES string of the molecule is COCCCN(CC(=O)N(CCc1c[nH]c2ccccc12)Cc1ccccc1)C(=O)COCc1ccccc1. The van der Waals surface area contributed by atoms with Gasteiger partial charge in [-0.2, -0.15) is 0 Å². The fraction of sp³-hybridized carbons (Fsp3) is 0.312. The lowest BCUT2D eigenvalue weighted by Gasteiger charge is -2.28. The van der Waals surface area contributed by atoms with Gasteiger partial charge >= 0.3 is 0 Å². The van der Waals surface area contributed by atoms with Gasteiger partial charge < -0.3 is 24.3 Å². The van der Waals surface area contributed by atoms with Gasteiger partial charge in [0.25, 0.3) is 0 Å². The maximum absolute atomic E-state index is 13.7. The molecule has 0 aliphatic carbocycles. The Balaban J connectivity index is 1.43. The number of fused-ring (bicyclic) bond motifs is 1. The van der Waals surface area contributed by atoms with Crippen molar-refractivity contribution < 1.29 is 19.1 Å². The van der Waals surface area contributed by atoms with Crippen molar-refractivity contribution in [1.29, 1.82) is 0 Å². The predicted octanol–water partition coefficient (Wildman–Crippen LogP) is 4.82. The summed E-state index contributed by atoms with van der Waals surface area (Å²) in [6.45, 7) is 2.22. The smallest absolute Gasteiger partial charge is 0.249 e. The number of hydrogen-bond acceptors (Lipinski definition) is 4.